The summed E-state index contributed by atoms with van der Waals surface area (Å²) in [5.41, 5.74) is 1.24. The summed E-state index contributed by atoms with van der Waals surface area (Å²) in [6.07, 6.45) is -3.05. The quantitative estimate of drug-likeness (QED) is 0.547. The average Bonchev–Trinajstić information content (AvgIpc) is 2.67. The molecule has 1 amide bonds. The molecule has 4 rings (SSSR count). The van der Waals surface area contributed by atoms with E-state index in [1.807, 2.05) is 24.3 Å². The Morgan fingerprint density at radius 2 is 1.76 bits per heavy atom. The Morgan fingerprint density at radius 1 is 1.00 bits per heavy atom. The van der Waals surface area contributed by atoms with Crippen LogP contribution in [0.25, 0.3) is 0 Å². The number of benzene rings is 2. The number of alkyl halides is 3. The summed E-state index contributed by atoms with van der Waals surface area (Å²) in [4.78, 5) is 27.3. The number of hydrogen-bond donors (Lipinski definition) is 0. The van der Waals surface area contributed by atoms with Crippen molar-refractivity contribution in [3.8, 4) is 0 Å². The Kier molecular flexibility index (Phi) is 5.11. The van der Waals surface area contributed by atoms with Crippen molar-refractivity contribution in [1.82, 2.24) is 0 Å². The van der Waals surface area contributed by atoms with E-state index in [2.05, 4.69) is 15.9 Å². The molecule has 3 nitrogen and oxygen atoms in total. The first-order valence-corrected chi connectivity index (χ1v) is 10.1. The Labute approximate surface area is 174 Å². The maximum absolute atomic E-state index is 13.2. The van der Waals surface area contributed by atoms with Crippen molar-refractivity contribution in [3.63, 3.8) is 0 Å². The number of allylic oxidation sites excluding steroid dienone is 2. The van der Waals surface area contributed by atoms with Crippen LogP contribution in [-0.2, 0) is 15.8 Å². The fraction of sp³-hybridized carbons (Fsp3) is 0.273. The van der Waals surface area contributed by atoms with Gasteiger partial charge in [-0.2, -0.15) is 13.2 Å². The molecule has 2 aliphatic rings. The minimum absolute atomic E-state index is 0.0312. The first-order chi connectivity index (χ1) is 13.8. The Balaban J connectivity index is 1.87. The van der Waals surface area contributed by atoms with Gasteiger partial charge in [-0.3, -0.25) is 14.5 Å². The monoisotopic (exact) mass is 463 g/mol. The Bertz CT molecular complexity index is 1030. The van der Waals surface area contributed by atoms with Crippen LogP contribution in [-0.4, -0.2) is 11.7 Å². The molecule has 0 aromatic heterocycles. The van der Waals surface area contributed by atoms with Gasteiger partial charge in [-0.25, -0.2) is 0 Å². The van der Waals surface area contributed by atoms with Crippen molar-refractivity contribution in [1.29, 1.82) is 0 Å². The first kappa shape index (κ1) is 19.9. The fourth-order valence-corrected chi connectivity index (χ4v) is 4.70. The molecule has 0 fully saturated rings. The third-order valence-electron chi connectivity index (χ3n) is 5.39. The van der Waals surface area contributed by atoms with Crippen molar-refractivity contribution in [2.75, 3.05) is 4.90 Å². The zero-order valence-electron chi connectivity index (χ0n) is 15.3. The van der Waals surface area contributed by atoms with E-state index in [-0.39, 0.29) is 23.8 Å². The zero-order valence-corrected chi connectivity index (χ0v) is 16.9. The van der Waals surface area contributed by atoms with Gasteiger partial charge in [-0.1, -0.05) is 40.2 Å². The van der Waals surface area contributed by atoms with Crippen LogP contribution in [0.4, 0.5) is 18.9 Å². The predicted octanol–water partition coefficient (Wildman–Crippen LogP) is 6.00. The van der Waals surface area contributed by atoms with E-state index in [9.17, 15) is 22.8 Å². The smallest absolute Gasteiger partial charge is 0.294 e. The summed E-state index contributed by atoms with van der Waals surface area (Å²) in [6, 6.07) is 12.1. The van der Waals surface area contributed by atoms with Crippen LogP contribution in [0.5, 0.6) is 0 Å². The van der Waals surface area contributed by atoms with Gasteiger partial charge in [0, 0.05) is 40.2 Å². The van der Waals surface area contributed by atoms with Gasteiger partial charge in [0.2, 0.25) is 5.91 Å². The molecule has 1 heterocycles. The zero-order chi connectivity index (χ0) is 20.8. The standard InChI is InChI=1S/C22H17BrF3NO2/c23-17-8-2-1-7-15(17)16-12-20(29)27(18-9-4-10-19(28)21(16)18)14-6-3-5-13(11-14)22(24,25)26/h1-3,5-8,11,16H,4,9-10,12H2. The summed E-state index contributed by atoms with van der Waals surface area (Å²) in [6.45, 7) is 0. The van der Waals surface area contributed by atoms with E-state index in [0.29, 0.717) is 30.5 Å². The van der Waals surface area contributed by atoms with Crippen LogP contribution in [0.3, 0.4) is 0 Å². The van der Waals surface area contributed by atoms with Crippen LogP contribution < -0.4 is 4.90 Å². The maximum atomic E-state index is 13.2. The molecule has 150 valence electrons. The molecule has 7 heteroatoms. The molecule has 0 saturated carbocycles. The van der Waals surface area contributed by atoms with Crippen LogP contribution in [0.15, 0.2) is 64.3 Å². The van der Waals surface area contributed by atoms with Gasteiger partial charge < -0.3 is 0 Å². The molecule has 0 saturated heterocycles. The number of hydrogen-bond acceptors (Lipinski definition) is 2. The second kappa shape index (κ2) is 7.44. The molecule has 0 spiro atoms. The molecule has 1 unspecified atom stereocenters. The highest BCUT2D eigenvalue weighted by Crippen LogP contribution is 2.45. The summed E-state index contributed by atoms with van der Waals surface area (Å²) in [5, 5.41) is 0. The largest absolute Gasteiger partial charge is 0.416 e. The van der Waals surface area contributed by atoms with E-state index in [4.69, 9.17) is 0 Å². The molecule has 2 aromatic carbocycles. The van der Waals surface area contributed by atoms with Gasteiger partial charge in [0.1, 0.15) is 0 Å². The molecule has 0 bridgehead atoms. The van der Waals surface area contributed by atoms with E-state index < -0.39 is 17.7 Å². The lowest BCUT2D eigenvalue weighted by atomic mass is 9.77. The minimum Gasteiger partial charge on any atom is -0.294 e. The van der Waals surface area contributed by atoms with Crippen molar-refractivity contribution in [2.24, 2.45) is 0 Å². The molecule has 1 atom stereocenters. The molecular weight excluding hydrogens is 447 g/mol. The number of ketones is 1. The highest BCUT2D eigenvalue weighted by Gasteiger charge is 2.41. The third-order valence-corrected chi connectivity index (χ3v) is 6.11. The van der Waals surface area contributed by atoms with Crippen molar-refractivity contribution < 1.29 is 22.8 Å². The van der Waals surface area contributed by atoms with E-state index in [1.165, 1.54) is 17.0 Å². The average molecular weight is 464 g/mol. The summed E-state index contributed by atoms with van der Waals surface area (Å²) >= 11 is 3.50. The van der Waals surface area contributed by atoms with Gasteiger partial charge in [-0.15, -0.1) is 0 Å². The minimum atomic E-state index is -4.51. The topological polar surface area (TPSA) is 37.4 Å². The highest BCUT2D eigenvalue weighted by molar-refractivity contribution is 9.10. The summed E-state index contributed by atoms with van der Waals surface area (Å²) in [5.74, 6) is -0.752. The Morgan fingerprint density at radius 3 is 2.48 bits per heavy atom. The van der Waals surface area contributed by atoms with Crippen LogP contribution in [0.2, 0.25) is 0 Å². The van der Waals surface area contributed by atoms with Gasteiger partial charge in [-0.05, 0) is 42.7 Å². The lowest BCUT2D eigenvalue weighted by Crippen LogP contribution is -2.40. The number of halogens is 4. The summed E-state index contributed by atoms with van der Waals surface area (Å²) in [7, 11) is 0. The van der Waals surface area contributed by atoms with Crippen molar-refractivity contribution in [3.05, 3.63) is 75.4 Å². The lowest BCUT2D eigenvalue weighted by molar-refractivity contribution is -0.137. The van der Waals surface area contributed by atoms with Crippen LogP contribution in [0.1, 0.15) is 42.7 Å². The Hall–Kier alpha value is -2.41. The number of rotatable bonds is 2. The maximum Gasteiger partial charge on any atom is 0.416 e. The number of carbonyl (C=O) groups is 2. The van der Waals surface area contributed by atoms with Crippen LogP contribution >= 0.6 is 15.9 Å². The number of Topliss-reactive ketones (excluding diaryl/α,β-unsaturated/α-hetero) is 1. The molecule has 0 radical (unpaired) electrons. The van der Waals surface area contributed by atoms with E-state index >= 15 is 0 Å². The van der Waals surface area contributed by atoms with E-state index in [1.54, 1.807) is 0 Å². The van der Waals surface area contributed by atoms with Gasteiger partial charge in [0.25, 0.3) is 0 Å². The summed E-state index contributed by atoms with van der Waals surface area (Å²) < 4.78 is 40.3. The van der Waals surface area contributed by atoms with Crippen molar-refractivity contribution >= 4 is 33.3 Å². The molecular formula is C22H17BrF3NO2. The van der Waals surface area contributed by atoms with Gasteiger partial charge >= 0.3 is 6.18 Å². The SMILES string of the molecule is O=C1CCCC2=C1C(c1ccccc1Br)CC(=O)N2c1cccc(C(F)(F)F)c1. The van der Waals surface area contributed by atoms with Gasteiger partial charge in [0.05, 0.1) is 5.56 Å². The number of anilines is 1. The highest BCUT2D eigenvalue weighted by atomic mass is 79.9. The van der Waals surface area contributed by atoms with Crippen molar-refractivity contribution in [2.45, 2.75) is 37.8 Å². The van der Waals surface area contributed by atoms with Gasteiger partial charge in [0.15, 0.2) is 5.78 Å². The molecule has 2 aromatic rings. The number of amides is 1. The molecule has 1 aliphatic heterocycles. The number of nitrogens with zero attached hydrogens (tertiary/aromatic N) is 1. The van der Waals surface area contributed by atoms with E-state index in [0.717, 1.165) is 22.2 Å². The molecule has 29 heavy (non-hydrogen) atoms. The predicted molar refractivity (Wildman–Crippen MR) is 106 cm³/mol. The number of carbonyl (C=O) groups excluding carboxylic acids is 2. The molecule has 1 aliphatic carbocycles. The second-order valence-corrected chi connectivity index (χ2v) is 8.05. The second-order valence-electron chi connectivity index (χ2n) is 7.19. The normalized spacial score (nSPS) is 20.1. The lowest BCUT2D eigenvalue weighted by Gasteiger charge is -2.38. The molecule has 0 N–H and O–H groups in total. The van der Waals surface area contributed by atoms with Crippen LogP contribution in [0, 0.1) is 0 Å². The third kappa shape index (κ3) is 3.64. The fourth-order valence-electron chi connectivity index (χ4n) is 4.14. The first-order valence-electron chi connectivity index (χ1n) is 9.28.